The van der Waals surface area contributed by atoms with Gasteiger partial charge in [-0.2, -0.15) is 0 Å². The molecule has 1 heterocycles. The summed E-state index contributed by atoms with van der Waals surface area (Å²) in [5.41, 5.74) is 0. The minimum atomic E-state index is 0.0889. The van der Waals surface area contributed by atoms with Gasteiger partial charge < -0.3 is 15.0 Å². The normalized spacial score (nSPS) is 15.4. The van der Waals surface area contributed by atoms with E-state index in [-0.39, 0.29) is 6.03 Å². The summed E-state index contributed by atoms with van der Waals surface area (Å²) >= 11 is 0. The van der Waals surface area contributed by atoms with Crippen LogP contribution in [0.25, 0.3) is 0 Å². The molecule has 0 aromatic rings. The molecule has 1 rings (SSSR count). The van der Waals surface area contributed by atoms with Crippen LogP contribution >= 0.6 is 0 Å². The van der Waals surface area contributed by atoms with Gasteiger partial charge in [-0.1, -0.05) is 13.3 Å². The Bertz CT molecular complexity index is 191. The van der Waals surface area contributed by atoms with Crippen molar-refractivity contribution in [2.75, 3.05) is 32.8 Å². The molecule has 94 valence electrons. The molecule has 1 fully saturated rings. The van der Waals surface area contributed by atoms with E-state index in [0.29, 0.717) is 0 Å². The van der Waals surface area contributed by atoms with Crippen LogP contribution in [0.4, 0.5) is 4.79 Å². The van der Waals surface area contributed by atoms with Crippen LogP contribution in [0.15, 0.2) is 0 Å². The SMILES string of the molecule is CCCCOCCCNC(=O)N1CCCC1. The highest BCUT2D eigenvalue weighted by molar-refractivity contribution is 5.74. The number of nitrogens with one attached hydrogen (secondary N) is 1. The third-order valence-electron chi connectivity index (χ3n) is 2.78. The summed E-state index contributed by atoms with van der Waals surface area (Å²) in [5, 5.41) is 2.92. The molecule has 0 unspecified atom stereocenters. The van der Waals surface area contributed by atoms with E-state index >= 15 is 0 Å². The van der Waals surface area contributed by atoms with Crippen molar-refractivity contribution in [3.05, 3.63) is 0 Å². The van der Waals surface area contributed by atoms with E-state index in [0.717, 1.165) is 58.5 Å². The molecule has 1 aliphatic rings. The summed E-state index contributed by atoms with van der Waals surface area (Å²) in [6, 6.07) is 0.0889. The van der Waals surface area contributed by atoms with Gasteiger partial charge in [0.1, 0.15) is 0 Å². The third-order valence-corrected chi connectivity index (χ3v) is 2.78. The number of unbranched alkanes of at least 4 members (excludes halogenated alkanes) is 1. The zero-order valence-corrected chi connectivity index (χ0v) is 10.3. The first-order valence-corrected chi connectivity index (χ1v) is 6.45. The van der Waals surface area contributed by atoms with Gasteiger partial charge in [0.2, 0.25) is 0 Å². The highest BCUT2D eigenvalue weighted by atomic mass is 16.5. The first-order valence-electron chi connectivity index (χ1n) is 6.45. The molecule has 1 saturated heterocycles. The number of hydrogen-bond donors (Lipinski definition) is 1. The van der Waals surface area contributed by atoms with Crippen LogP contribution in [-0.4, -0.2) is 43.8 Å². The summed E-state index contributed by atoms with van der Waals surface area (Å²) in [6.45, 7) is 6.30. The Balaban J connectivity index is 1.88. The molecule has 16 heavy (non-hydrogen) atoms. The molecule has 0 radical (unpaired) electrons. The second-order valence-electron chi connectivity index (χ2n) is 4.25. The van der Waals surface area contributed by atoms with Gasteiger partial charge in [-0.3, -0.25) is 0 Å². The average molecular weight is 228 g/mol. The van der Waals surface area contributed by atoms with E-state index < -0.39 is 0 Å². The number of hydrogen-bond acceptors (Lipinski definition) is 2. The molecule has 0 atom stereocenters. The predicted molar refractivity (Wildman–Crippen MR) is 64.5 cm³/mol. The molecular formula is C12H24N2O2. The molecule has 2 amide bonds. The number of carbonyl (C=O) groups is 1. The molecule has 0 bridgehead atoms. The van der Waals surface area contributed by atoms with Crippen LogP contribution in [0.5, 0.6) is 0 Å². The molecular weight excluding hydrogens is 204 g/mol. The standard InChI is InChI=1S/C12H24N2O2/c1-2-3-10-16-11-6-7-13-12(15)14-8-4-5-9-14/h2-11H2,1H3,(H,13,15). The van der Waals surface area contributed by atoms with Crippen molar-refractivity contribution in [1.29, 1.82) is 0 Å². The molecule has 0 saturated carbocycles. The maximum Gasteiger partial charge on any atom is 0.317 e. The average Bonchev–Trinajstić information content (AvgIpc) is 2.81. The molecule has 4 heteroatoms. The van der Waals surface area contributed by atoms with Crippen LogP contribution < -0.4 is 5.32 Å². The number of nitrogens with zero attached hydrogens (tertiary/aromatic N) is 1. The monoisotopic (exact) mass is 228 g/mol. The Hall–Kier alpha value is -0.770. The van der Waals surface area contributed by atoms with E-state index in [9.17, 15) is 4.79 Å². The van der Waals surface area contributed by atoms with Gasteiger partial charge >= 0.3 is 6.03 Å². The lowest BCUT2D eigenvalue weighted by Crippen LogP contribution is -2.38. The van der Waals surface area contributed by atoms with Gasteiger partial charge in [0, 0.05) is 32.8 Å². The van der Waals surface area contributed by atoms with E-state index in [1.165, 1.54) is 6.42 Å². The number of carbonyl (C=O) groups excluding carboxylic acids is 1. The molecule has 0 aliphatic carbocycles. The maximum absolute atomic E-state index is 11.6. The number of likely N-dealkylation sites (tertiary alicyclic amines) is 1. The van der Waals surface area contributed by atoms with Crippen molar-refractivity contribution in [2.45, 2.75) is 39.0 Å². The minimum absolute atomic E-state index is 0.0889. The Kier molecular flexibility index (Phi) is 6.97. The van der Waals surface area contributed by atoms with Crippen LogP contribution in [0.3, 0.4) is 0 Å². The van der Waals surface area contributed by atoms with Gasteiger partial charge in [0.15, 0.2) is 0 Å². The first-order chi connectivity index (χ1) is 7.84. The summed E-state index contributed by atoms with van der Waals surface area (Å²) in [5.74, 6) is 0. The van der Waals surface area contributed by atoms with Crippen LogP contribution in [-0.2, 0) is 4.74 Å². The molecule has 1 aliphatic heterocycles. The molecule has 1 N–H and O–H groups in total. The fraction of sp³-hybridized carbons (Fsp3) is 0.917. The van der Waals surface area contributed by atoms with E-state index in [2.05, 4.69) is 12.2 Å². The Morgan fingerprint density at radius 2 is 1.94 bits per heavy atom. The van der Waals surface area contributed by atoms with Crippen molar-refractivity contribution in [1.82, 2.24) is 10.2 Å². The van der Waals surface area contributed by atoms with Gasteiger partial charge in [-0.25, -0.2) is 4.79 Å². The van der Waals surface area contributed by atoms with Crippen molar-refractivity contribution in [2.24, 2.45) is 0 Å². The smallest absolute Gasteiger partial charge is 0.317 e. The minimum Gasteiger partial charge on any atom is -0.381 e. The Morgan fingerprint density at radius 3 is 2.62 bits per heavy atom. The van der Waals surface area contributed by atoms with Crippen LogP contribution in [0, 0.1) is 0 Å². The lowest BCUT2D eigenvalue weighted by Gasteiger charge is -2.15. The molecule has 4 nitrogen and oxygen atoms in total. The zero-order valence-electron chi connectivity index (χ0n) is 10.3. The van der Waals surface area contributed by atoms with Gasteiger partial charge in [0.25, 0.3) is 0 Å². The second kappa shape index (κ2) is 8.39. The number of rotatable bonds is 7. The van der Waals surface area contributed by atoms with Crippen molar-refractivity contribution in [3.8, 4) is 0 Å². The molecule has 0 aromatic heterocycles. The van der Waals surface area contributed by atoms with Crippen LogP contribution in [0.2, 0.25) is 0 Å². The lowest BCUT2D eigenvalue weighted by atomic mass is 10.4. The second-order valence-corrected chi connectivity index (χ2v) is 4.25. The first kappa shape index (κ1) is 13.3. The molecule has 0 spiro atoms. The van der Waals surface area contributed by atoms with E-state index in [4.69, 9.17) is 4.74 Å². The Labute approximate surface area is 98.3 Å². The van der Waals surface area contributed by atoms with Crippen LogP contribution in [0.1, 0.15) is 39.0 Å². The van der Waals surface area contributed by atoms with Crippen molar-refractivity contribution >= 4 is 6.03 Å². The predicted octanol–water partition coefficient (Wildman–Crippen LogP) is 2.00. The highest BCUT2D eigenvalue weighted by Crippen LogP contribution is 2.06. The Morgan fingerprint density at radius 1 is 1.25 bits per heavy atom. The molecule has 0 aromatic carbocycles. The van der Waals surface area contributed by atoms with Gasteiger partial charge in [0.05, 0.1) is 0 Å². The number of amides is 2. The van der Waals surface area contributed by atoms with Crippen molar-refractivity contribution in [3.63, 3.8) is 0 Å². The quantitative estimate of drug-likeness (QED) is 0.677. The summed E-state index contributed by atoms with van der Waals surface area (Å²) in [7, 11) is 0. The summed E-state index contributed by atoms with van der Waals surface area (Å²) in [4.78, 5) is 13.4. The third kappa shape index (κ3) is 5.35. The largest absolute Gasteiger partial charge is 0.381 e. The van der Waals surface area contributed by atoms with Gasteiger partial charge in [-0.05, 0) is 25.7 Å². The number of urea groups is 1. The summed E-state index contributed by atoms with van der Waals surface area (Å²) in [6.07, 6.45) is 5.50. The topological polar surface area (TPSA) is 41.6 Å². The van der Waals surface area contributed by atoms with Crippen molar-refractivity contribution < 1.29 is 9.53 Å². The fourth-order valence-electron chi connectivity index (χ4n) is 1.75. The highest BCUT2D eigenvalue weighted by Gasteiger charge is 2.16. The van der Waals surface area contributed by atoms with Gasteiger partial charge in [-0.15, -0.1) is 0 Å². The maximum atomic E-state index is 11.6. The van der Waals surface area contributed by atoms with E-state index in [1.54, 1.807) is 0 Å². The summed E-state index contributed by atoms with van der Waals surface area (Å²) < 4.78 is 5.42. The lowest BCUT2D eigenvalue weighted by molar-refractivity contribution is 0.128. The zero-order chi connectivity index (χ0) is 11.6. The number of ether oxygens (including phenoxy) is 1. The van der Waals surface area contributed by atoms with E-state index in [1.807, 2.05) is 4.90 Å². The fourth-order valence-corrected chi connectivity index (χ4v) is 1.75.